The van der Waals surface area contributed by atoms with Gasteiger partial charge in [0, 0.05) is 63.4 Å². The van der Waals surface area contributed by atoms with Crippen molar-refractivity contribution in [2.45, 2.75) is 167 Å². The second-order valence-electron chi connectivity index (χ2n) is 21.7. The molecule has 9 nitrogen and oxygen atoms in total. The van der Waals surface area contributed by atoms with Crippen molar-refractivity contribution >= 4 is 25.0 Å². The molecule has 0 amide bonds. The zero-order valence-corrected chi connectivity index (χ0v) is 41.7. The average Bonchev–Trinajstić information content (AvgIpc) is 3.20. The van der Waals surface area contributed by atoms with E-state index in [-0.39, 0.29) is 75.5 Å². The van der Waals surface area contributed by atoms with Gasteiger partial charge >= 0.3 is 0 Å². The summed E-state index contributed by atoms with van der Waals surface area (Å²) in [6.45, 7) is 39.4. The highest BCUT2D eigenvalue weighted by Gasteiger charge is 2.71. The normalized spacial score (nSPS) is 31.7. The van der Waals surface area contributed by atoms with Gasteiger partial charge in [0.1, 0.15) is 5.60 Å². The van der Waals surface area contributed by atoms with Crippen molar-refractivity contribution in [1.29, 1.82) is 0 Å². The minimum absolute atomic E-state index is 0.0162. The quantitative estimate of drug-likeness (QED) is 0.104. The van der Waals surface area contributed by atoms with Crippen LogP contribution in [0.5, 0.6) is 0 Å². The largest absolute Gasteiger partial charge is 0.413 e. The number of rotatable bonds is 18. The van der Waals surface area contributed by atoms with Gasteiger partial charge in [0.2, 0.25) is 0 Å². The predicted molar refractivity (Wildman–Crippen MR) is 232 cm³/mol. The van der Waals surface area contributed by atoms with Gasteiger partial charge in [0.15, 0.2) is 25.0 Å². The Hall–Kier alpha value is -0.229. The van der Waals surface area contributed by atoms with Crippen LogP contribution in [0.3, 0.4) is 0 Å². The molecule has 2 fully saturated rings. The second-order valence-corrected chi connectivity index (χ2v) is 35.9. The Balaban J connectivity index is 2.34. The zero-order chi connectivity index (χ0) is 42.3. The molecular weight excluding hydrogens is 745 g/mol. The first-order chi connectivity index (χ1) is 25.0. The first kappa shape index (κ1) is 49.1. The molecule has 0 aromatic carbocycles. The first-order valence-corrected chi connectivity index (χ1v) is 29.6. The van der Waals surface area contributed by atoms with E-state index in [9.17, 15) is 10.2 Å². The first-order valence-electron chi connectivity index (χ1n) is 20.8. The molecule has 0 radical (unpaired) electrons. The van der Waals surface area contributed by atoms with Crippen molar-refractivity contribution in [3.05, 3.63) is 23.8 Å². The Morgan fingerprint density at radius 1 is 0.782 bits per heavy atom. The van der Waals surface area contributed by atoms with Crippen LogP contribution >= 0.6 is 0 Å². The predicted octanol–water partition coefficient (Wildman–Crippen LogP) is 8.83. The van der Waals surface area contributed by atoms with Crippen LogP contribution in [0.25, 0.3) is 0 Å². The van der Waals surface area contributed by atoms with E-state index in [1.54, 1.807) is 21.3 Å². The van der Waals surface area contributed by atoms with Crippen LogP contribution in [0.15, 0.2) is 23.8 Å². The fraction of sp³-hybridized carbons (Fsp3) is 0.907. The third kappa shape index (κ3) is 9.88. The SMILES string of the molecule is COC[C@@H](CO)[C@H]1C=C[C@H]2[C@H]3O[C@]1(/C(C)=C/[C@@H](C)[C@H](O)[C@H](COC)O[Si](C)(C)C(C)(C)C)[C@@H]2[C@H](O[Si](C)(C)C(C)(C)C)[C@@H](COC)[C@H]3O[Si](C)(C)C(C)(C)C. The van der Waals surface area contributed by atoms with E-state index in [1.165, 1.54) is 0 Å². The molecule has 1 saturated carbocycles. The van der Waals surface area contributed by atoms with Crippen molar-refractivity contribution in [3.8, 4) is 0 Å². The molecule has 12 heteroatoms. The molecule has 12 atom stereocenters. The standard InChI is InChI=1S/C43H84O9Si3/c1-28(36(45)34(27-48-14)50-53(15,16)40(3,4)5)23-29(2)43-33(30(24-44)25-46-12)22-21-31-35(43)37(51-54(17,18)41(6,7)8)32(26-47-13)39(38(31)49-43)52-55(19,20)42(9,10)11/h21-23,28,30-39,44-45H,24-27H2,1-20H3/b29-23+/t28-,30-,31-,32-,33-,34+,35+,36+,37-,38-,39-,43+/m1/s1. The molecule has 4 bridgehead atoms. The van der Waals surface area contributed by atoms with Crippen LogP contribution in [-0.4, -0.2) is 119 Å². The number of aliphatic hydroxyl groups excluding tert-OH is 2. The summed E-state index contributed by atoms with van der Waals surface area (Å²) in [6.07, 6.45) is 4.72. The lowest BCUT2D eigenvalue weighted by molar-refractivity contribution is -0.110. The molecule has 1 saturated heterocycles. The molecule has 3 aliphatic rings. The Morgan fingerprint density at radius 2 is 1.29 bits per heavy atom. The average molecular weight is 829 g/mol. The summed E-state index contributed by atoms with van der Waals surface area (Å²) < 4.78 is 47.3. The number of aliphatic hydroxyl groups is 2. The van der Waals surface area contributed by atoms with E-state index >= 15 is 0 Å². The van der Waals surface area contributed by atoms with Crippen LogP contribution in [0.1, 0.15) is 76.2 Å². The smallest absolute Gasteiger partial charge is 0.192 e. The molecule has 0 aromatic heterocycles. The maximum absolute atomic E-state index is 12.1. The van der Waals surface area contributed by atoms with Crippen molar-refractivity contribution in [1.82, 2.24) is 0 Å². The molecule has 55 heavy (non-hydrogen) atoms. The van der Waals surface area contributed by atoms with E-state index in [4.69, 9.17) is 32.2 Å². The van der Waals surface area contributed by atoms with Gasteiger partial charge in [0.05, 0.1) is 50.3 Å². The van der Waals surface area contributed by atoms with Crippen LogP contribution in [-0.2, 0) is 32.2 Å². The lowest BCUT2D eigenvalue weighted by atomic mass is 9.56. The number of methoxy groups -OCH3 is 3. The highest BCUT2D eigenvalue weighted by molar-refractivity contribution is 6.75. The Bertz CT molecular complexity index is 1310. The van der Waals surface area contributed by atoms with Gasteiger partial charge in [-0.25, -0.2) is 0 Å². The molecule has 1 heterocycles. The Kier molecular flexibility index (Phi) is 15.9. The van der Waals surface area contributed by atoms with E-state index < -0.39 is 42.8 Å². The summed E-state index contributed by atoms with van der Waals surface area (Å²) >= 11 is 0. The summed E-state index contributed by atoms with van der Waals surface area (Å²) in [5, 5.41) is 23.0. The summed E-state index contributed by atoms with van der Waals surface area (Å²) in [7, 11) is -1.78. The molecule has 1 aliphatic heterocycles. The van der Waals surface area contributed by atoms with Crippen LogP contribution in [0.2, 0.25) is 54.4 Å². The highest BCUT2D eigenvalue weighted by atomic mass is 28.4. The summed E-state index contributed by atoms with van der Waals surface area (Å²) in [4.78, 5) is 0. The number of hydrogen-bond donors (Lipinski definition) is 2. The summed E-state index contributed by atoms with van der Waals surface area (Å²) in [5.41, 5.74) is 0.155. The van der Waals surface area contributed by atoms with Gasteiger partial charge in [-0.1, -0.05) is 87.5 Å². The fourth-order valence-corrected chi connectivity index (χ4v) is 12.5. The summed E-state index contributed by atoms with van der Waals surface area (Å²) in [6, 6.07) is 0. The van der Waals surface area contributed by atoms with Gasteiger partial charge in [-0.2, -0.15) is 0 Å². The maximum Gasteiger partial charge on any atom is 0.192 e. The third-order valence-electron chi connectivity index (χ3n) is 14.8. The molecule has 2 N–H and O–H groups in total. The van der Waals surface area contributed by atoms with Gasteiger partial charge in [-0.3, -0.25) is 0 Å². The lowest BCUT2D eigenvalue weighted by Crippen LogP contribution is -2.63. The van der Waals surface area contributed by atoms with Gasteiger partial charge in [-0.05, 0) is 66.9 Å². The van der Waals surface area contributed by atoms with Crippen molar-refractivity contribution < 1.29 is 42.4 Å². The minimum Gasteiger partial charge on any atom is -0.413 e. The Morgan fingerprint density at radius 3 is 1.75 bits per heavy atom. The molecule has 0 aromatic rings. The van der Waals surface area contributed by atoms with E-state index in [0.717, 1.165) is 5.57 Å². The van der Waals surface area contributed by atoms with Crippen molar-refractivity contribution in [2.75, 3.05) is 47.8 Å². The van der Waals surface area contributed by atoms with Gasteiger partial charge in [-0.15, -0.1) is 0 Å². The highest BCUT2D eigenvalue weighted by Crippen LogP contribution is 2.63. The number of ether oxygens (including phenoxy) is 4. The lowest BCUT2D eigenvalue weighted by Gasteiger charge is -2.55. The van der Waals surface area contributed by atoms with Crippen LogP contribution in [0.4, 0.5) is 0 Å². The van der Waals surface area contributed by atoms with Crippen LogP contribution in [0, 0.1) is 35.5 Å². The van der Waals surface area contributed by atoms with E-state index in [0.29, 0.717) is 19.8 Å². The van der Waals surface area contributed by atoms with Crippen LogP contribution < -0.4 is 0 Å². The molecule has 3 rings (SSSR count). The molecule has 322 valence electrons. The second kappa shape index (κ2) is 17.8. The Labute approximate surface area is 340 Å². The van der Waals surface area contributed by atoms with Crippen molar-refractivity contribution in [2.24, 2.45) is 35.5 Å². The molecule has 0 spiro atoms. The summed E-state index contributed by atoms with van der Waals surface area (Å²) in [5.74, 6) is -0.904. The fourth-order valence-electron chi connectivity index (χ4n) is 8.46. The topological polar surface area (TPSA) is 105 Å². The monoisotopic (exact) mass is 829 g/mol. The minimum atomic E-state index is -2.37. The van der Waals surface area contributed by atoms with E-state index in [2.05, 4.69) is 134 Å². The molecule has 2 aliphatic carbocycles. The van der Waals surface area contributed by atoms with Crippen molar-refractivity contribution in [3.63, 3.8) is 0 Å². The maximum atomic E-state index is 12.1. The van der Waals surface area contributed by atoms with Gasteiger partial charge in [0.25, 0.3) is 0 Å². The molecule has 0 unspecified atom stereocenters. The van der Waals surface area contributed by atoms with Gasteiger partial charge < -0.3 is 42.4 Å². The zero-order valence-electron chi connectivity index (χ0n) is 38.7. The number of hydrogen-bond acceptors (Lipinski definition) is 9. The molecular formula is C43H84O9Si3. The third-order valence-corrected chi connectivity index (χ3v) is 28.2. The van der Waals surface area contributed by atoms with E-state index in [1.807, 2.05) is 0 Å².